The normalized spacial score (nSPS) is 30.3. The van der Waals surface area contributed by atoms with Gasteiger partial charge in [0.25, 0.3) is 0 Å². The highest BCUT2D eigenvalue weighted by Gasteiger charge is 2.32. The molecule has 0 radical (unpaired) electrons. The zero-order valence-electron chi connectivity index (χ0n) is 10.0. The molecule has 1 saturated heterocycles. The maximum atomic E-state index is 11.8. The molecule has 1 aliphatic carbocycles. The molecule has 1 saturated carbocycles. The van der Waals surface area contributed by atoms with Gasteiger partial charge in [-0.25, -0.2) is 0 Å². The van der Waals surface area contributed by atoms with Gasteiger partial charge in [-0.1, -0.05) is 18.2 Å². The third-order valence-corrected chi connectivity index (χ3v) is 4.27. The molecule has 1 heterocycles. The van der Waals surface area contributed by atoms with Crippen LogP contribution in [0.1, 0.15) is 19.3 Å². The second kappa shape index (κ2) is 6.14. The van der Waals surface area contributed by atoms with Gasteiger partial charge in [-0.2, -0.15) is 13.2 Å². The van der Waals surface area contributed by atoms with Gasteiger partial charge in [0.1, 0.15) is 6.61 Å². The van der Waals surface area contributed by atoms with E-state index in [-0.39, 0.29) is 13.2 Å². The van der Waals surface area contributed by atoms with E-state index in [0.29, 0.717) is 6.04 Å². The monoisotopic (exact) mass is 282 g/mol. The molecule has 1 N–H and O–H groups in total. The maximum Gasteiger partial charge on any atom is 0.411 e. The first-order valence-electron chi connectivity index (χ1n) is 6.13. The summed E-state index contributed by atoms with van der Waals surface area (Å²) in [5.74, 6) is 1.80. The maximum absolute atomic E-state index is 11.8. The average Bonchev–Trinajstić information content (AvgIpc) is 2.74. The Kier molecular flexibility index (Phi) is 4.77. The molecule has 0 spiro atoms. The van der Waals surface area contributed by atoms with Gasteiger partial charge in [0.2, 0.25) is 0 Å². The number of aliphatic imine (C=N–C) groups is 1. The zero-order chi connectivity index (χ0) is 13.0. The summed E-state index contributed by atoms with van der Waals surface area (Å²) in [4.78, 5) is 4.24. The number of halogens is 3. The lowest BCUT2D eigenvalue weighted by Crippen LogP contribution is -2.41. The van der Waals surface area contributed by atoms with Crippen molar-refractivity contribution >= 4 is 16.9 Å². The molecule has 3 nitrogen and oxygen atoms in total. The minimum atomic E-state index is -4.25. The summed E-state index contributed by atoms with van der Waals surface area (Å²) in [5, 5.41) is 4.21. The molecule has 0 aromatic carbocycles. The molecule has 7 heteroatoms. The molecule has 18 heavy (non-hydrogen) atoms. The van der Waals surface area contributed by atoms with Crippen LogP contribution < -0.4 is 5.32 Å². The number of alkyl halides is 3. The van der Waals surface area contributed by atoms with Gasteiger partial charge in [0.15, 0.2) is 5.17 Å². The van der Waals surface area contributed by atoms with Crippen molar-refractivity contribution in [1.82, 2.24) is 5.32 Å². The smallest absolute Gasteiger partial charge is 0.370 e. The molecular formula is C11H17F3N2OS. The van der Waals surface area contributed by atoms with Crippen LogP contribution >= 0.6 is 11.8 Å². The van der Waals surface area contributed by atoms with Crippen LogP contribution in [0.2, 0.25) is 0 Å². The number of fused-ring (bicyclic) bond motifs is 1. The lowest BCUT2D eigenvalue weighted by atomic mass is 10.1. The minimum Gasteiger partial charge on any atom is -0.370 e. The summed E-state index contributed by atoms with van der Waals surface area (Å²) in [6.45, 7) is -0.898. The fourth-order valence-electron chi connectivity index (χ4n) is 2.30. The van der Waals surface area contributed by atoms with E-state index >= 15 is 0 Å². The molecule has 2 fully saturated rings. The summed E-state index contributed by atoms with van der Waals surface area (Å²) in [6.07, 6.45) is -0.547. The second-order valence-corrected chi connectivity index (χ2v) is 5.62. The van der Waals surface area contributed by atoms with E-state index in [1.807, 2.05) is 0 Å². The number of amidine groups is 1. The summed E-state index contributed by atoms with van der Waals surface area (Å²) in [6, 6.07) is 0.515. The predicted octanol–water partition coefficient (Wildman–Crippen LogP) is 2.43. The van der Waals surface area contributed by atoms with E-state index in [1.54, 1.807) is 11.8 Å². The Labute approximate surface area is 109 Å². The van der Waals surface area contributed by atoms with E-state index in [2.05, 4.69) is 15.0 Å². The molecule has 0 bridgehead atoms. The second-order valence-electron chi connectivity index (χ2n) is 4.61. The van der Waals surface area contributed by atoms with Gasteiger partial charge in [-0.3, -0.25) is 4.99 Å². The van der Waals surface area contributed by atoms with Crippen molar-refractivity contribution in [3.63, 3.8) is 0 Å². The Balaban J connectivity index is 1.64. The number of nitrogens with zero attached hydrogens (tertiary/aromatic N) is 1. The van der Waals surface area contributed by atoms with Gasteiger partial charge >= 0.3 is 6.18 Å². The molecule has 1 aliphatic heterocycles. The van der Waals surface area contributed by atoms with Crippen molar-refractivity contribution in [2.75, 3.05) is 25.5 Å². The Morgan fingerprint density at radius 2 is 2.22 bits per heavy atom. The fraction of sp³-hybridized carbons (Fsp3) is 0.909. The van der Waals surface area contributed by atoms with E-state index in [0.717, 1.165) is 16.8 Å². The highest BCUT2D eigenvalue weighted by Crippen LogP contribution is 2.32. The van der Waals surface area contributed by atoms with Gasteiger partial charge in [-0.05, 0) is 18.8 Å². The summed E-state index contributed by atoms with van der Waals surface area (Å²) >= 11 is 1.66. The van der Waals surface area contributed by atoms with E-state index < -0.39 is 12.8 Å². The fourth-order valence-corrected chi connectivity index (χ4v) is 3.49. The van der Waals surface area contributed by atoms with Crippen molar-refractivity contribution in [3.05, 3.63) is 0 Å². The van der Waals surface area contributed by atoms with Gasteiger partial charge in [0, 0.05) is 11.8 Å². The van der Waals surface area contributed by atoms with Crippen molar-refractivity contribution in [3.8, 4) is 0 Å². The Bertz CT molecular complexity index is 309. The summed E-state index contributed by atoms with van der Waals surface area (Å²) in [7, 11) is 0. The van der Waals surface area contributed by atoms with Crippen LogP contribution in [-0.2, 0) is 4.74 Å². The van der Waals surface area contributed by atoms with Crippen LogP contribution in [0.4, 0.5) is 13.2 Å². The third kappa shape index (κ3) is 4.35. The van der Waals surface area contributed by atoms with Crippen LogP contribution in [0.5, 0.6) is 0 Å². The molecule has 2 aliphatic rings. The largest absolute Gasteiger partial charge is 0.411 e. The van der Waals surface area contributed by atoms with Crippen LogP contribution in [0.3, 0.4) is 0 Å². The molecule has 0 amide bonds. The minimum absolute atomic E-state index is 0.0132. The topological polar surface area (TPSA) is 33.6 Å². The Hall–Kier alpha value is -0.430. The van der Waals surface area contributed by atoms with Gasteiger partial charge in [-0.15, -0.1) is 0 Å². The quantitative estimate of drug-likeness (QED) is 0.804. The first kappa shape index (κ1) is 14.0. The number of rotatable bonds is 4. The average molecular weight is 282 g/mol. The summed E-state index contributed by atoms with van der Waals surface area (Å²) < 4.78 is 39.9. The van der Waals surface area contributed by atoms with Crippen molar-refractivity contribution in [2.24, 2.45) is 10.9 Å². The highest BCUT2D eigenvalue weighted by atomic mass is 32.2. The van der Waals surface area contributed by atoms with Gasteiger partial charge < -0.3 is 10.1 Å². The molecular weight excluding hydrogens is 265 g/mol. The Morgan fingerprint density at radius 1 is 1.39 bits per heavy atom. The number of thioether (sulfide) groups is 1. The first-order chi connectivity index (χ1) is 8.54. The van der Waals surface area contributed by atoms with Crippen molar-refractivity contribution in [2.45, 2.75) is 31.5 Å². The van der Waals surface area contributed by atoms with Crippen LogP contribution in [0, 0.1) is 5.92 Å². The molecule has 2 unspecified atom stereocenters. The van der Waals surface area contributed by atoms with Crippen LogP contribution in [0.25, 0.3) is 0 Å². The van der Waals surface area contributed by atoms with Gasteiger partial charge in [0.05, 0.1) is 13.2 Å². The molecule has 0 aromatic heterocycles. The number of hydrogen-bond acceptors (Lipinski definition) is 3. The lowest BCUT2D eigenvalue weighted by Gasteiger charge is -2.28. The molecule has 2 atom stereocenters. The standard InChI is InChI=1S/C11H17F3N2OS/c12-11(13,14)7-17-5-4-15-10-16-9-3-1-2-8(9)6-18-10/h8-9H,1-7H2,(H,15,16). The van der Waals surface area contributed by atoms with E-state index in [4.69, 9.17) is 0 Å². The number of ether oxygens (including phenoxy) is 1. The molecule has 0 aromatic rings. The highest BCUT2D eigenvalue weighted by molar-refractivity contribution is 8.13. The lowest BCUT2D eigenvalue weighted by molar-refractivity contribution is -0.173. The summed E-state index contributed by atoms with van der Waals surface area (Å²) in [5.41, 5.74) is 0. The Morgan fingerprint density at radius 3 is 3.00 bits per heavy atom. The van der Waals surface area contributed by atoms with Crippen LogP contribution in [0.15, 0.2) is 4.99 Å². The third-order valence-electron chi connectivity index (χ3n) is 3.16. The van der Waals surface area contributed by atoms with Crippen LogP contribution in [-0.4, -0.2) is 42.9 Å². The van der Waals surface area contributed by atoms with E-state index in [9.17, 15) is 13.2 Å². The molecule has 2 rings (SSSR count). The van der Waals surface area contributed by atoms with E-state index in [1.165, 1.54) is 19.3 Å². The first-order valence-corrected chi connectivity index (χ1v) is 7.11. The number of hydrogen-bond donors (Lipinski definition) is 1. The SMILES string of the molecule is FC(F)(F)COCCN=C1NC2CCCC2CS1. The molecule has 104 valence electrons. The van der Waals surface area contributed by atoms with Crippen molar-refractivity contribution in [1.29, 1.82) is 0 Å². The van der Waals surface area contributed by atoms with Crippen molar-refractivity contribution < 1.29 is 17.9 Å². The predicted molar refractivity (Wildman–Crippen MR) is 65.9 cm³/mol. The zero-order valence-corrected chi connectivity index (χ0v) is 10.8. The number of nitrogens with one attached hydrogen (secondary N) is 1.